The van der Waals surface area contributed by atoms with Crippen LogP contribution in [0.5, 0.6) is 11.5 Å². The average molecular weight is 349 g/mol. The van der Waals surface area contributed by atoms with E-state index in [0.29, 0.717) is 5.75 Å². The highest BCUT2D eigenvalue weighted by Crippen LogP contribution is 2.29. The topological polar surface area (TPSA) is 64.6 Å². The molecular weight excluding hydrogens is 326 g/mol. The monoisotopic (exact) mass is 349 g/mol. The van der Waals surface area contributed by atoms with E-state index in [9.17, 15) is 8.42 Å². The molecule has 0 saturated carbocycles. The van der Waals surface area contributed by atoms with Gasteiger partial charge in [-0.1, -0.05) is 23.8 Å². The lowest BCUT2D eigenvalue weighted by molar-refractivity contribution is 0.385. The lowest BCUT2D eigenvalue weighted by Gasteiger charge is -2.18. The van der Waals surface area contributed by atoms with Gasteiger partial charge in [0.25, 0.3) is 0 Å². The first kappa shape index (κ1) is 18.3. The minimum atomic E-state index is -3.73. The van der Waals surface area contributed by atoms with Crippen molar-refractivity contribution in [2.45, 2.75) is 31.7 Å². The molecule has 2 aromatic carbocycles. The summed E-state index contributed by atoms with van der Waals surface area (Å²) >= 11 is 0. The highest BCUT2D eigenvalue weighted by Gasteiger charge is 2.23. The van der Waals surface area contributed by atoms with E-state index in [1.165, 1.54) is 20.3 Å². The quantitative estimate of drug-likeness (QED) is 0.868. The maximum atomic E-state index is 12.7. The lowest BCUT2D eigenvalue weighted by atomic mass is 10.0. The van der Waals surface area contributed by atoms with Gasteiger partial charge in [-0.2, -0.15) is 0 Å². The molecule has 1 unspecified atom stereocenters. The summed E-state index contributed by atoms with van der Waals surface area (Å²) in [4.78, 5) is 0.0856. The van der Waals surface area contributed by atoms with Gasteiger partial charge in [-0.15, -0.1) is 0 Å². The van der Waals surface area contributed by atoms with Gasteiger partial charge >= 0.3 is 0 Å². The van der Waals surface area contributed by atoms with Crippen LogP contribution in [-0.4, -0.2) is 22.6 Å². The molecule has 6 heteroatoms. The summed E-state index contributed by atoms with van der Waals surface area (Å²) in [5, 5.41) is 0. The van der Waals surface area contributed by atoms with Crippen molar-refractivity contribution in [1.82, 2.24) is 4.72 Å². The maximum absolute atomic E-state index is 12.7. The third-order valence-electron chi connectivity index (χ3n) is 3.88. The molecular formula is C18H23NO4S. The van der Waals surface area contributed by atoms with E-state index >= 15 is 0 Å². The Morgan fingerprint density at radius 2 is 1.71 bits per heavy atom. The van der Waals surface area contributed by atoms with Gasteiger partial charge < -0.3 is 9.47 Å². The van der Waals surface area contributed by atoms with Gasteiger partial charge in [-0.3, -0.25) is 0 Å². The molecule has 1 atom stereocenters. The predicted octanol–water partition coefficient (Wildman–Crippen LogP) is 3.36. The van der Waals surface area contributed by atoms with E-state index in [-0.39, 0.29) is 16.7 Å². The highest BCUT2D eigenvalue weighted by molar-refractivity contribution is 7.89. The van der Waals surface area contributed by atoms with Crippen molar-refractivity contribution in [3.05, 3.63) is 53.1 Å². The van der Waals surface area contributed by atoms with E-state index in [0.717, 1.165) is 16.7 Å². The molecule has 0 amide bonds. The number of aryl methyl sites for hydroxylation is 2. The molecule has 0 aliphatic heterocycles. The van der Waals surface area contributed by atoms with E-state index in [1.807, 2.05) is 39.0 Å². The maximum Gasteiger partial charge on any atom is 0.244 e. The number of nitrogens with one attached hydrogen (secondary N) is 1. The first-order valence-corrected chi connectivity index (χ1v) is 9.08. The van der Waals surface area contributed by atoms with Gasteiger partial charge in [0.05, 0.1) is 14.2 Å². The fraction of sp³-hybridized carbons (Fsp3) is 0.333. The molecule has 0 saturated heterocycles. The molecule has 0 aliphatic rings. The van der Waals surface area contributed by atoms with Gasteiger partial charge in [0.2, 0.25) is 10.0 Å². The second-order valence-corrected chi connectivity index (χ2v) is 7.40. The van der Waals surface area contributed by atoms with Crippen molar-refractivity contribution in [1.29, 1.82) is 0 Å². The van der Waals surface area contributed by atoms with Crippen LogP contribution in [-0.2, 0) is 10.0 Å². The van der Waals surface area contributed by atoms with Crippen LogP contribution < -0.4 is 14.2 Å². The molecule has 0 fully saturated rings. The van der Waals surface area contributed by atoms with Gasteiger partial charge in [0.1, 0.15) is 16.4 Å². The zero-order valence-electron chi connectivity index (χ0n) is 14.6. The van der Waals surface area contributed by atoms with Gasteiger partial charge in [0.15, 0.2) is 0 Å². The molecule has 0 radical (unpaired) electrons. The summed E-state index contributed by atoms with van der Waals surface area (Å²) in [7, 11) is -0.784. The molecule has 1 N–H and O–H groups in total. The van der Waals surface area contributed by atoms with E-state index < -0.39 is 10.0 Å². The summed E-state index contributed by atoms with van der Waals surface area (Å²) in [6, 6.07) is 10.2. The summed E-state index contributed by atoms with van der Waals surface area (Å²) in [5.74, 6) is 0.780. The lowest BCUT2D eigenvalue weighted by Crippen LogP contribution is -2.27. The summed E-state index contributed by atoms with van der Waals surface area (Å²) < 4.78 is 38.5. The van der Waals surface area contributed by atoms with E-state index in [1.54, 1.807) is 12.1 Å². The second kappa shape index (κ2) is 7.23. The molecule has 130 valence electrons. The van der Waals surface area contributed by atoms with Crippen molar-refractivity contribution in [3.8, 4) is 11.5 Å². The number of hydrogen-bond acceptors (Lipinski definition) is 4. The minimum Gasteiger partial charge on any atom is -0.497 e. The van der Waals surface area contributed by atoms with Gasteiger partial charge in [-0.25, -0.2) is 13.1 Å². The largest absolute Gasteiger partial charge is 0.497 e. The van der Waals surface area contributed by atoms with Crippen LogP contribution in [0.4, 0.5) is 0 Å². The smallest absolute Gasteiger partial charge is 0.244 e. The molecule has 24 heavy (non-hydrogen) atoms. The van der Waals surface area contributed by atoms with Crippen molar-refractivity contribution in [3.63, 3.8) is 0 Å². The molecule has 2 aromatic rings. The van der Waals surface area contributed by atoms with Crippen LogP contribution >= 0.6 is 0 Å². The van der Waals surface area contributed by atoms with Crippen molar-refractivity contribution in [2.24, 2.45) is 0 Å². The molecule has 0 spiro atoms. The summed E-state index contributed by atoms with van der Waals surface area (Å²) in [6.45, 7) is 5.81. The first-order valence-electron chi connectivity index (χ1n) is 7.60. The van der Waals surface area contributed by atoms with Crippen LogP contribution in [0.2, 0.25) is 0 Å². The van der Waals surface area contributed by atoms with Crippen LogP contribution in [0.15, 0.2) is 41.3 Å². The van der Waals surface area contributed by atoms with Crippen molar-refractivity contribution in [2.75, 3.05) is 14.2 Å². The summed E-state index contributed by atoms with van der Waals surface area (Å²) in [6.07, 6.45) is 0. The first-order chi connectivity index (χ1) is 11.3. The number of sulfonamides is 1. The zero-order chi connectivity index (χ0) is 17.9. The van der Waals surface area contributed by atoms with Crippen molar-refractivity contribution >= 4 is 10.0 Å². The third-order valence-corrected chi connectivity index (χ3v) is 5.46. The zero-order valence-corrected chi connectivity index (χ0v) is 15.4. The number of rotatable bonds is 6. The number of benzene rings is 2. The Morgan fingerprint density at radius 3 is 2.29 bits per heavy atom. The van der Waals surface area contributed by atoms with Crippen LogP contribution in [0.25, 0.3) is 0 Å². The summed E-state index contributed by atoms with van der Waals surface area (Å²) in [5.41, 5.74) is 3.13. The Morgan fingerprint density at radius 1 is 1.00 bits per heavy atom. The fourth-order valence-electron chi connectivity index (χ4n) is 2.67. The SMILES string of the molecule is COc1ccc(S(=O)(=O)NC(C)c2ccc(C)cc2C)c(OC)c1. The van der Waals surface area contributed by atoms with Gasteiger partial charge in [0, 0.05) is 12.1 Å². The fourth-order valence-corrected chi connectivity index (χ4v) is 4.04. The molecule has 0 bridgehead atoms. The van der Waals surface area contributed by atoms with E-state index in [2.05, 4.69) is 4.72 Å². The average Bonchev–Trinajstić information content (AvgIpc) is 2.53. The Balaban J connectivity index is 2.34. The normalized spacial score (nSPS) is 12.7. The Hall–Kier alpha value is -2.05. The Labute approximate surface area is 143 Å². The van der Waals surface area contributed by atoms with Crippen LogP contribution in [0.3, 0.4) is 0 Å². The third kappa shape index (κ3) is 3.88. The molecule has 0 heterocycles. The predicted molar refractivity (Wildman–Crippen MR) is 94.2 cm³/mol. The number of methoxy groups -OCH3 is 2. The molecule has 5 nitrogen and oxygen atoms in total. The Kier molecular flexibility index (Phi) is 5.51. The molecule has 0 aromatic heterocycles. The number of ether oxygens (including phenoxy) is 2. The Bertz CT molecular complexity index is 831. The molecule has 2 rings (SSSR count). The highest BCUT2D eigenvalue weighted by atomic mass is 32.2. The minimum absolute atomic E-state index is 0.0856. The number of hydrogen-bond donors (Lipinski definition) is 1. The standard InChI is InChI=1S/C18H23NO4S/c1-12-6-8-16(13(2)10-12)14(3)19-24(20,21)18-9-7-15(22-4)11-17(18)23-5/h6-11,14,19H,1-5H3. The van der Waals surface area contributed by atoms with Crippen LogP contribution in [0.1, 0.15) is 29.7 Å². The second-order valence-electron chi connectivity index (χ2n) is 5.72. The van der Waals surface area contributed by atoms with Crippen LogP contribution in [0, 0.1) is 13.8 Å². The van der Waals surface area contributed by atoms with Crippen molar-refractivity contribution < 1.29 is 17.9 Å². The molecule has 0 aliphatic carbocycles. The van der Waals surface area contributed by atoms with E-state index in [4.69, 9.17) is 9.47 Å². The van der Waals surface area contributed by atoms with Gasteiger partial charge in [-0.05, 0) is 44.0 Å².